The number of benzene rings is 1. The van der Waals surface area contributed by atoms with Crippen LogP contribution in [0.1, 0.15) is 4.88 Å². The van der Waals surface area contributed by atoms with Gasteiger partial charge < -0.3 is 10.8 Å². The minimum atomic E-state index is 0.0798. The predicted molar refractivity (Wildman–Crippen MR) is 59.9 cm³/mol. The maximum Gasteiger partial charge on any atom is 0.0774 e. The van der Waals surface area contributed by atoms with Crippen molar-refractivity contribution in [2.24, 2.45) is 0 Å². The third-order valence-corrected chi connectivity index (χ3v) is 3.46. The van der Waals surface area contributed by atoms with Crippen molar-refractivity contribution in [1.82, 2.24) is 0 Å². The van der Waals surface area contributed by atoms with Crippen molar-refractivity contribution in [3.8, 4) is 0 Å². The van der Waals surface area contributed by atoms with Crippen LogP contribution in [0.2, 0.25) is 0 Å². The summed E-state index contributed by atoms with van der Waals surface area (Å²) in [4.78, 5) is 0.944. The molecular formula is C9H8BrNOS. The zero-order valence-corrected chi connectivity index (χ0v) is 9.15. The molecule has 1 aromatic heterocycles. The molecule has 0 aliphatic rings. The Hall–Kier alpha value is -0.580. The molecule has 0 saturated carbocycles. The molecule has 0 fully saturated rings. The van der Waals surface area contributed by atoms with E-state index in [0.29, 0.717) is 0 Å². The van der Waals surface area contributed by atoms with Gasteiger partial charge in [-0.2, -0.15) is 0 Å². The number of nitrogen functional groups attached to an aromatic ring is 1. The predicted octanol–water partition coefficient (Wildman–Crippen LogP) is 2.74. The van der Waals surface area contributed by atoms with E-state index < -0.39 is 0 Å². The van der Waals surface area contributed by atoms with Crippen molar-refractivity contribution in [3.63, 3.8) is 0 Å². The monoisotopic (exact) mass is 257 g/mol. The number of anilines is 1. The summed E-state index contributed by atoms with van der Waals surface area (Å²) >= 11 is 4.91. The summed E-state index contributed by atoms with van der Waals surface area (Å²) in [5, 5.41) is 10.0. The molecule has 0 atom stereocenters. The van der Waals surface area contributed by atoms with Gasteiger partial charge in [0.15, 0.2) is 0 Å². The van der Waals surface area contributed by atoms with Crippen molar-refractivity contribution in [3.05, 3.63) is 27.5 Å². The number of aliphatic hydroxyl groups is 1. The van der Waals surface area contributed by atoms with E-state index in [1.807, 2.05) is 18.2 Å². The molecule has 0 aliphatic carbocycles. The topological polar surface area (TPSA) is 46.2 Å². The molecular weight excluding hydrogens is 250 g/mol. The summed E-state index contributed by atoms with van der Waals surface area (Å²) in [6.07, 6.45) is 0. The van der Waals surface area contributed by atoms with Gasteiger partial charge in [0.25, 0.3) is 0 Å². The summed E-state index contributed by atoms with van der Waals surface area (Å²) in [5.41, 5.74) is 6.58. The molecule has 0 saturated heterocycles. The fraction of sp³-hybridized carbons (Fsp3) is 0.111. The van der Waals surface area contributed by atoms with Crippen molar-refractivity contribution in [2.75, 3.05) is 5.73 Å². The first-order valence-corrected chi connectivity index (χ1v) is 5.40. The smallest absolute Gasteiger partial charge is 0.0774 e. The van der Waals surface area contributed by atoms with Gasteiger partial charge in [-0.25, -0.2) is 0 Å². The van der Waals surface area contributed by atoms with Crippen LogP contribution in [-0.2, 0) is 6.61 Å². The number of fused-ring (bicyclic) bond motifs is 1. The average molecular weight is 258 g/mol. The molecule has 0 aliphatic heterocycles. The minimum Gasteiger partial charge on any atom is -0.398 e. The molecule has 2 nitrogen and oxygen atoms in total. The number of hydrogen-bond donors (Lipinski definition) is 2. The van der Waals surface area contributed by atoms with E-state index in [9.17, 15) is 0 Å². The Morgan fingerprint density at radius 1 is 1.38 bits per heavy atom. The molecule has 0 spiro atoms. The molecule has 1 heterocycles. The van der Waals surface area contributed by atoms with Gasteiger partial charge in [-0.15, -0.1) is 11.3 Å². The fourth-order valence-electron chi connectivity index (χ4n) is 1.27. The number of nitrogens with two attached hydrogens (primary N) is 1. The minimum absolute atomic E-state index is 0.0798. The molecule has 4 heteroatoms. The molecule has 0 amide bonds. The van der Waals surface area contributed by atoms with E-state index >= 15 is 0 Å². The van der Waals surface area contributed by atoms with E-state index in [2.05, 4.69) is 15.9 Å². The lowest BCUT2D eigenvalue weighted by Crippen LogP contribution is -1.83. The summed E-state index contributed by atoms with van der Waals surface area (Å²) in [7, 11) is 0. The van der Waals surface area contributed by atoms with E-state index in [4.69, 9.17) is 10.8 Å². The van der Waals surface area contributed by atoms with E-state index in [1.165, 1.54) is 11.3 Å². The lowest BCUT2D eigenvalue weighted by molar-refractivity contribution is 0.285. The first-order valence-electron chi connectivity index (χ1n) is 3.79. The molecule has 68 valence electrons. The van der Waals surface area contributed by atoms with E-state index in [0.717, 1.165) is 25.1 Å². The van der Waals surface area contributed by atoms with Gasteiger partial charge in [0.1, 0.15) is 0 Å². The number of halogens is 1. The van der Waals surface area contributed by atoms with Crippen LogP contribution in [0.15, 0.2) is 22.7 Å². The normalized spacial score (nSPS) is 10.9. The second-order valence-corrected chi connectivity index (χ2v) is 4.84. The van der Waals surface area contributed by atoms with E-state index in [-0.39, 0.29) is 6.61 Å². The third kappa shape index (κ3) is 1.57. The average Bonchev–Trinajstić information content (AvgIpc) is 2.47. The van der Waals surface area contributed by atoms with Crippen molar-refractivity contribution in [1.29, 1.82) is 0 Å². The second-order valence-electron chi connectivity index (χ2n) is 2.78. The van der Waals surface area contributed by atoms with Crippen LogP contribution in [0.25, 0.3) is 10.1 Å². The molecule has 0 radical (unpaired) electrons. The van der Waals surface area contributed by atoms with E-state index in [1.54, 1.807) is 0 Å². The molecule has 13 heavy (non-hydrogen) atoms. The van der Waals surface area contributed by atoms with Gasteiger partial charge in [0, 0.05) is 9.35 Å². The van der Waals surface area contributed by atoms with Crippen LogP contribution in [0.5, 0.6) is 0 Å². The SMILES string of the molecule is Nc1cc(Br)cc2cc(CO)sc12. The first-order chi connectivity index (χ1) is 6.20. The van der Waals surface area contributed by atoms with Crippen LogP contribution < -0.4 is 5.73 Å². The highest BCUT2D eigenvalue weighted by molar-refractivity contribution is 9.10. The van der Waals surface area contributed by atoms with Gasteiger partial charge >= 0.3 is 0 Å². The van der Waals surface area contributed by atoms with Gasteiger partial charge in [-0.05, 0) is 23.6 Å². The highest BCUT2D eigenvalue weighted by Crippen LogP contribution is 2.33. The number of aliphatic hydroxyl groups excluding tert-OH is 1. The highest BCUT2D eigenvalue weighted by Gasteiger charge is 2.04. The Morgan fingerprint density at radius 3 is 2.85 bits per heavy atom. The summed E-state index contributed by atoms with van der Waals surface area (Å²) in [6, 6.07) is 5.84. The van der Waals surface area contributed by atoms with Crippen LogP contribution >= 0.6 is 27.3 Å². The molecule has 2 rings (SSSR count). The number of rotatable bonds is 1. The maximum atomic E-state index is 8.96. The maximum absolute atomic E-state index is 8.96. The standard InChI is InChI=1S/C9H8BrNOS/c10-6-1-5-2-7(4-12)13-9(5)8(11)3-6/h1-3,12H,4,11H2. The summed E-state index contributed by atoms with van der Waals surface area (Å²) in [5.74, 6) is 0. The molecule has 2 aromatic rings. The third-order valence-electron chi connectivity index (χ3n) is 1.82. The van der Waals surface area contributed by atoms with Gasteiger partial charge in [0.2, 0.25) is 0 Å². The van der Waals surface area contributed by atoms with Gasteiger partial charge in [0.05, 0.1) is 17.0 Å². The highest BCUT2D eigenvalue weighted by atomic mass is 79.9. The molecule has 1 aromatic carbocycles. The lowest BCUT2D eigenvalue weighted by Gasteiger charge is -1.96. The first kappa shape index (κ1) is 8.99. The van der Waals surface area contributed by atoms with Gasteiger partial charge in [-0.3, -0.25) is 0 Å². The van der Waals surface area contributed by atoms with Gasteiger partial charge in [-0.1, -0.05) is 15.9 Å². The van der Waals surface area contributed by atoms with Crippen molar-refractivity contribution >= 4 is 43.0 Å². The Morgan fingerprint density at radius 2 is 2.15 bits per heavy atom. The number of hydrogen-bond acceptors (Lipinski definition) is 3. The van der Waals surface area contributed by atoms with Crippen LogP contribution in [-0.4, -0.2) is 5.11 Å². The summed E-state index contributed by atoms with van der Waals surface area (Å²) < 4.78 is 2.02. The largest absolute Gasteiger partial charge is 0.398 e. The van der Waals surface area contributed by atoms with Crippen LogP contribution in [0.4, 0.5) is 5.69 Å². The fourth-order valence-corrected chi connectivity index (χ4v) is 2.69. The van der Waals surface area contributed by atoms with Crippen LogP contribution in [0.3, 0.4) is 0 Å². The summed E-state index contributed by atoms with van der Waals surface area (Å²) in [6.45, 7) is 0.0798. The van der Waals surface area contributed by atoms with Crippen molar-refractivity contribution < 1.29 is 5.11 Å². The van der Waals surface area contributed by atoms with Crippen LogP contribution in [0, 0.1) is 0 Å². The quantitative estimate of drug-likeness (QED) is 0.772. The molecule has 0 unspecified atom stereocenters. The lowest BCUT2D eigenvalue weighted by atomic mass is 10.2. The zero-order valence-electron chi connectivity index (χ0n) is 6.75. The Balaban J connectivity index is 2.75. The second kappa shape index (κ2) is 3.29. The Kier molecular flexibility index (Phi) is 2.27. The Bertz CT molecular complexity index is 452. The zero-order chi connectivity index (χ0) is 9.42. The number of thiophene rings is 1. The molecule has 3 N–H and O–H groups in total. The molecule has 0 bridgehead atoms. The Labute approximate surface area is 88.1 Å². The van der Waals surface area contributed by atoms with Crippen molar-refractivity contribution in [2.45, 2.75) is 6.61 Å².